The van der Waals surface area contributed by atoms with Crippen LogP contribution in [0.25, 0.3) is 0 Å². The van der Waals surface area contributed by atoms with Crippen molar-refractivity contribution in [1.82, 2.24) is 15.2 Å². The molecule has 2 bridgehead atoms. The van der Waals surface area contributed by atoms with Crippen LogP contribution in [0.4, 0.5) is 0 Å². The van der Waals surface area contributed by atoms with E-state index in [0.717, 1.165) is 12.1 Å². The number of rotatable bonds is 3. The Morgan fingerprint density at radius 2 is 2.00 bits per heavy atom. The molecule has 0 aromatic carbocycles. The molecule has 0 spiro atoms. The van der Waals surface area contributed by atoms with Crippen molar-refractivity contribution in [3.63, 3.8) is 0 Å². The summed E-state index contributed by atoms with van der Waals surface area (Å²) in [6.07, 6.45) is 6.94. The monoisotopic (exact) mass is 299 g/mol. The van der Waals surface area contributed by atoms with Crippen LogP contribution in [0.2, 0.25) is 10.2 Å². The minimum absolute atomic E-state index is 0.455. The van der Waals surface area contributed by atoms with Crippen molar-refractivity contribution in [3.05, 3.63) is 28.0 Å². The van der Waals surface area contributed by atoms with Crippen LogP contribution < -0.4 is 5.32 Å². The molecule has 0 amide bonds. The quantitative estimate of drug-likeness (QED) is 0.869. The van der Waals surface area contributed by atoms with E-state index in [1.54, 1.807) is 12.3 Å². The molecule has 2 aliphatic heterocycles. The summed E-state index contributed by atoms with van der Waals surface area (Å²) in [4.78, 5) is 6.53. The SMILES string of the molecule is CN(Cc1cnc(Cl)cc1Cl)C1CC2CCC(C1)N2. The van der Waals surface area contributed by atoms with E-state index in [1.165, 1.54) is 25.7 Å². The molecule has 2 atom stereocenters. The van der Waals surface area contributed by atoms with Gasteiger partial charge in [0, 0.05) is 41.5 Å². The van der Waals surface area contributed by atoms with Crippen molar-refractivity contribution < 1.29 is 0 Å². The first-order valence-corrected chi connectivity index (χ1v) is 7.63. The van der Waals surface area contributed by atoms with Gasteiger partial charge in [-0.1, -0.05) is 23.2 Å². The number of halogens is 2. The van der Waals surface area contributed by atoms with Gasteiger partial charge in [0.05, 0.1) is 0 Å². The number of aromatic nitrogens is 1. The summed E-state index contributed by atoms with van der Waals surface area (Å²) in [6.45, 7) is 0.840. The van der Waals surface area contributed by atoms with Crippen molar-refractivity contribution in [2.45, 2.75) is 50.4 Å². The zero-order valence-electron chi connectivity index (χ0n) is 11.1. The zero-order chi connectivity index (χ0) is 13.4. The standard InChI is InChI=1S/C14H19Cl2N3/c1-19(8-9-7-17-14(16)6-13(9)15)12-4-10-2-3-11(5-12)18-10/h6-7,10-12,18H,2-5,8H2,1H3. The van der Waals surface area contributed by atoms with E-state index >= 15 is 0 Å². The lowest BCUT2D eigenvalue weighted by Crippen LogP contribution is -2.46. The summed E-state index contributed by atoms with van der Waals surface area (Å²) >= 11 is 12.0. The lowest BCUT2D eigenvalue weighted by atomic mass is 9.98. The maximum Gasteiger partial charge on any atom is 0.130 e. The number of piperidine rings is 1. The summed E-state index contributed by atoms with van der Waals surface area (Å²) in [7, 11) is 2.18. The highest BCUT2D eigenvalue weighted by Crippen LogP contribution is 2.30. The van der Waals surface area contributed by atoms with Crippen LogP contribution in [0.1, 0.15) is 31.2 Å². The molecule has 104 valence electrons. The Kier molecular flexibility index (Phi) is 3.99. The minimum atomic E-state index is 0.455. The topological polar surface area (TPSA) is 28.2 Å². The Balaban J connectivity index is 1.66. The second kappa shape index (κ2) is 5.57. The molecule has 1 aromatic heterocycles. The van der Waals surface area contributed by atoms with Gasteiger partial charge in [-0.25, -0.2) is 4.98 Å². The number of nitrogens with zero attached hydrogens (tertiary/aromatic N) is 2. The number of pyridine rings is 1. The maximum atomic E-state index is 6.22. The van der Waals surface area contributed by atoms with Crippen molar-refractivity contribution in [3.8, 4) is 0 Å². The lowest BCUT2D eigenvalue weighted by molar-refractivity contribution is 0.166. The van der Waals surface area contributed by atoms with Gasteiger partial charge >= 0.3 is 0 Å². The predicted octanol–water partition coefficient (Wildman–Crippen LogP) is 3.10. The molecule has 1 aromatic rings. The van der Waals surface area contributed by atoms with E-state index < -0.39 is 0 Å². The highest BCUT2D eigenvalue weighted by molar-refractivity contribution is 6.34. The van der Waals surface area contributed by atoms with Crippen LogP contribution in [0, 0.1) is 0 Å². The van der Waals surface area contributed by atoms with E-state index in [9.17, 15) is 0 Å². The van der Waals surface area contributed by atoms with Crippen molar-refractivity contribution in [2.24, 2.45) is 0 Å². The van der Waals surface area contributed by atoms with Gasteiger partial charge in [0.1, 0.15) is 5.15 Å². The summed E-state index contributed by atoms with van der Waals surface area (Å²) < 4.78 is 0. The van der Waals surface area contributed by atoms with E-state index in [1.807, 2.05) is 0 Å². The molecule has 3 rings (SSSR count). The van der Waals surface area contributed by atoms with Gasteiger partial charge in [-0.3, -0.25) is 4.90 Å². The molecular weight excluding hydrogens is 281 g/mol. The average molecular weight is 300 g/mol. The van der Waals surface area contributed by atoms with Crippen LogP contribution >= 0.6 is 23.2 Å². The smallest absolute Gasteiger partial charge is 0.130 e. The Hall–Kier alpha value is -0.350. The van der Waals surface area contributed by atoms with Gasteiger partial charge in [-0.15, -0.1) is 0 Å². The number of hydrogen-bond acceptors (Lipinski definition) is 3. The molecule has 2 aliphatic rings. The number of nitrogens with one attached hydrogen (secondary N) is 1. The van der Waals surface area contributed by atoms with Crippen molar-refractivity contribution in [2.75, 3.05) is 7.05 Å². The predicted molar refractivity (Wildman–Crippen MR) is 78.7 cm³/mol. The van der Waals surface area contributed by atoms with Gasteiger partial charge in [-0.2, -0.15) is 0 Å². The Bertz CT molecular complexity index is 454. The maximum absolute atomic E-state index is 6.22. The van der Waals surface area contributed by atoms with Gasteiger partial charge in [0.2, 0.25) is 0 Å². The van der Waals surface area contributed by atoms with Gasteiger partial charge in [0.25, 0.3) is 0 Å². The van der Waals surface area contributed by atoms with Crippen molar-refractivity contribution >= 4 is 23.2 Å². The molecule has 5 heteroatoms. The lowest BCUT2D eigenvalue weighted by Gasteiger charge is -2.35. The first-order chi connectivity index (χ1) is 9.11. The third-order valence-corrected chi connectivity index (χ3v) is 4.95. The first-order valence-electron chi connectivity index (χ1n) is 6.88. The van der Waals surface area contributed by atoms with Crippen LogP contribution in [-0.4, -0.2) is 35.1 Å². The fraction of sp³-hybridized carbons (Fsp3) is 0.643. The number of hydrogen-bond donors (Lipinski definition) is 1. The summed E-state index contributed by atoms with van der Waals surface area (Å²) in [5.74, 6) is 0. The largest absolute Gasteiger partial charge is 0.311 e. The van der Waals surface area contributed by atoms with Gasteiger partial charge in [-0.05, 0) is 38.8 Å². The normalized spacial score (nSPS) is 30.0. The van der Waals surface area contributed by atoms with Crippen LogP contribution in [0.15, 0.2) is 12.3 Å². The molecular formula is C14H19Cl2N3. The van der Waals surface area contributed by atoms with Crippen molar-refractivity contribution in [1.29, 1.82) is 0 Å². The molecule has 0 radical (unpaired) electrons. The van der Waals surface area contributed by atoms with E-state index in [0.29, 0.717) is 28.3 Å². The molecule has 2 fully saturated rings. The summed E-state index contributed by atoms with van der Waals surface area (Å²) in [5.41, 5.74) is 1.06. The molecule has 0 aliphatic carbocycles. The van der Waals surface area contributed by atoms with Crippen LogP contribution in [0.3, 0.4) is 0 Å². The molecule has 2 unspecified atom stereocenters. The minimum Gasteiger partial charge on any atom is -0.311 e. The molecule has 0 saturated carbocycles. The highest BCUT2D eigenvalue weighted by atomic mass is 35.5. The van der Waals surface area contributed by atoms with Crippen LogP contribution in [0.5, 0.6) is 0 Å². The average Bonchev–Trinajstić information content (AvgIpc) is 2.71. The third kappa shape index (κ3) is 3.05. The molecule has 2 saturated heterocycles. The van der Waals surface area contributed by atoms with E-state index in [-0.39, 0.29) is 0 Å². The first kappa shape index (κ1) is 13.6. The highest BCUT2D eigenvalue weighted by Gasteiger charge is 2.35. The van der Waals surface area contributed by atoms with E-state index in [2.05, 4.69) is 22.2 Å². The fourth-order valence-corrected chi connectivity index (χ4v) is 3.76. The third-order valence-electron chi connectivity index (χ3n) is 4.39. The summed E-state index contributed by atoms with van der Waals surface area (Å²) in [5, 5.41) is 4.84. The molecule has 1 N–H and O–H groups in total. The summed E-state index contributed by atoms with van der Waals surface area (Å²) in [6, 6.07) is 3.79. The number of fused-ring (bicyclic) bond motifs is 2. The van der Waals surface area contributed by atoms with Gasteiger partial charge in [0.15, 0.2) is 0 Å². The molecule has 3 heterocycles. The second-order valence-corrected chi connectivity index (χ2v) is 6.57. The second-order valence-electron chi connectivity index (χ2n) is 5.78. The molecule has 3 nitrogen and oxygen atoms in total. The Morgan fingerprint density at radius 1 is 1.32 bits per heavy atom. The molecule has 19 heavy (non-hydrogen) atoms. The zero-order valence-corrected chi connectivity index (χ0v) is 12.6. The fourth-order valence-electron chi connectivity index (χ4n) is 3.34. The Labute approximate surface area is 124 Å². The van der Waals surface area contributed by atoms with Crippen LogP contribution in [-0.2, 0) is 6.54 Å². The van der Waals surface area contributed by atoms with E-state index in [4.69, 9.17) is 23.2 Å². The Morgan fingerprint density at radius 3 is 2.63 bits per heavy atom. The van der Waals surface area contributed by atoms with Gasteiger partial charge < -0.3 is 5.32 Å².